The zero-order chi connectivity index (χ0) is 14.9. The molecule has 112 valence electrons. The van der Waals surface area contributed by atoms with Crippen LogP contribution in [-0.4, -0.2) is 19.2 Å². The summed E-state index contributed by atoms with van der Waals surface area (Å²) in [7, 11) is 0. The summed E-state index contributed by atoms with van der Waals surface area (Å²) in [6, 6.07) is 9.62. The molecule has 1 saturated heterocycles. The second-order valence-electron chi connectivity index (χ2n) is 5.23. The van der Waals surface area contributed by atoms with Crippen molar-refractivity contribution in [1.82, 2.24) is 5.32 Å². The summed E-state index contributed by atoms with van der Waals surface area (Å²) in [4.78, 5) is 0. The van der Waals surface area contributed by atoms with E-state index in [1.807, 2.05) is 6.07 Å². The maximum Gasteiger partial charge on any atom is 0.419 e. The summed E-state index contributed by atoms with van der Waals surface area (Å²) in [5, 5.41) is 4.46. The largest absolute Gasteiger partial charge is 0.489 e. The SMILES string of the molecule is FC(F)(F)c1ccc2ccccc2c1OC1CCNCC1. The van der Waals surface area contributed by atoms with E-state index in [0.29, 0.717) is 5.39 Å². The van der Waals surface area contributed by atoms with Crippen molar-refractivity contribution in [2.24, 2.45) is 0 Å². The number of ether oxygens (including phenoxy) is 1. The highest BCUT2D eigenvalue weighted by molar-refractivity contribution is 5.89. The first-order chi connectivity index (χ1) is 10.1. The topological polar surface area (TPSA) is 21.3 Å². The van der Waals surface area contributed by atoms with Gasteiger partial charge in [0.15, 0.2) is 0 Å². The molecule has 0 spiro atoms. The maximum atomic E-state index is 13.2. The van der Waals surface area contributed by atoms with Gasteiger partial charge in [-0.05, 0) is 37.4 Å². The first-order valence-electron chi connectivity index (χ1n) is 7.02. The number of hydrogen-bond donors (Lipinski definition) is 1. The number of nitrogens with one attached hydrogen (secondary N) is 1. The van der Waals surface area contributed by atoms with E-state index in [2.05, 4.69) is 5.32 Å². The number of fused-ring (bicyclic) bond motifs is 1. The molecular formula is C16H16F3NO. The fourth-order valence-electron chi connectivity index (χ4n) is 2.67. The Morgan fingerprint density at radius 3 is 2.43 bits per heavy atom. The van der Waals surface area contributed by atoms with E-state index in [4.69, 9.17) is 4.74 Å². The minimum atomic E-state index is -4.41. The Balaban J connectivity index is 2.07. The second-order valence-corrected chi connectivity index (χ2v) is 5.23. The average molecular weight is 295 g/mol. The summed E-state index contributed by atoms with van der Waals surface area (Å²) in [6.07, 6.45) is -3.13. The van der Waals surface area contributed by atoms with Gasteiger partial charge in [-0.2, -0.15) is 13.2 Å². The van der Waals surface area contributed by atoms with Crippen molar-refractivity contribution in [3.63, 3.8) is 0 Å². The fourth-order valence-corrected chi connectivity index (χ4v) is 2.67. The minimum Gasteiger partial charge on any atom is -0.489 e. The molecule has 2 aromatic carbocycles. The van der Waals surface area contributed by atoms with Crippen LogP contribution in [0.25, 0.3) is 10.8 Å². The molecule has 3 rings (SSSR count). The minimum absolute atomic E-state index is 0.0347. The van der Waals surface area contributed by atoms with E-state index < -0.39 is 11.7 Å². The molecule has 0 aromatic heterocycles. The van der Waals surface area contributed by atoms with Crippen molar-refractivity contribution < 1.29 is 17.9 Å². The zero-order valence-corrected chi connectivity index (χ0v) is 11.4. The quantitative estimate of drug-likeness (QED) is 0.904. The predicted molar refractivity (Wildman–Crippen MR) is 75.5 cm³/mol. The van der Waals surface area contributed by atoms with Crippen LogP contribution in [0.2, 0.25) is 0 Å². The lowest BCUT2D eigenvalue weighted by molar-refractivity contribution is -0.139. The highest BCUT2D eigenvalue weighted by Gasteiger charge is 2.36. The van der Waals surface area contributed by atoms with Gasteiger partial charge in [-0.25, -0.2) is 0 Å². The Labute approximate surface area is 120 Å². The van der Waals surface area contributed by atoms with Crippen LogP contribution in [0.3, 0.4) is 0 Å². The predicted octanol–water partition coefficient (Wildman–Crippen LogP) is 3.99. The van der Waals surface area contributed by atoms with Crippen LogP contribution in [0.15, 0.2) is 36.4 Å². The number of alkyl halides is 3. The fraction of sp³-hybridized carbons (Fsp3) is 0.375. The van der Waals surface area contributed by atoms with Gasteiger partial charge in [0.1, 0.15) is 11.9 Å². The van der Waals surface area contributed by atoms with Crippen LogP contribution in [0, 0.1) is 0 Å². The van der Waals surface area contributed by atoms with Crippen LogP contribution >= 0.6 is 0 Å². The van der Waals surface area contributed by atoms with Crippen LogP contribution in [0.1, 0.15) is 18.4 Å². The molecule has 0 saturated carbocycles. The van der Waals surface area contributed by atoms with Gasteiger partial charge in [-0.15, -0.1) is 0 Å². The first kappa shape index (κ1) is 14.2. The maximum absolute atomic E-state index is 13.2. The van der Waals surface area contributed by atoms with Crippen LogP contribution < -0.4 is 10.1 Å². The zero-order valence-electron chi connectivity index (χ0n) is 11.4. The van der Waals surface area contributed by atoms with E-state index in [1.54, 1.807) is 18.2 Å². The monoisotopic (exact) mass is 295 g/mol. The molecular weight excluding hydrogens is 279 g/mol. The number of piperidine rings is 1. The van der Waals surface area contributed by atoms with Crippen molar-refractivity contribution in [3.05, 3.63) is 42.0 Å². The second kappa shape index (κ2) is 5.56. The lowest BCUT2D eigenvalue weighted by Gasteiger charge is -2.26. The van der Waals surface area contributed by atoms with Crippen LogP contribution in [0.4, 0.5) is 13.2 Å². The molecule has 0 aliphatic carbocycles. The van der Waals surface area contributed by atoms with Crippen LogP contribution in [0.5, 0.6) is 5.75 Å². The molecule has 2 aromatic rings. The van der Waals surface area contributed by atoms with Crippen molar-refractivity contribution in [1.29, 1.82) is 0 Å². The summed E-state index contributed by atoms with van der Waals surface area (Å²) >= 11 is 0. The van der Waals surface area contributed by atoms with Crippen LogP contribution in [-0.2, 0) is 6.18 Å². The molecule has 5 heteroatoms. The molecule has 0 unspecified atom stereocenters. The number of hydrogen-bond acceptors (Lipinski definition) is 2. The molecule has 0 bridgehead atoms. The summed E-state index contributed by atoms with van der Waals surface area (Å²) in [5.74, 6) is -0.0347. The van der Waals surface area contributed by atoms with Crippen molar-refractivity contribution in [2.75, 3.05) is 13.1 Å². The lowest BCUT2D eigenvalue weighted by Crippen LogP contribution is -2.34. The Hall–Kier alpha value is -1.75. The van der Waals surface area contributed by atoms with Crippen molar-refractivity contribution in [3.8, 4) is 5.75 Å². The molecule has 0 amide bonds. The third-order valence-corrected chi connectivity index (χ3v) is 3.76. The van der Waals surface area contributed by atoms with E-state index in [9.17, 15) is 13.2 Å². The van der Waals surface area contributed by atoms with Gasteiger partial charge < -0.3 is 10.1 Å². The van der Waals surface area contributed by atoms with Gasteiger partial charge >= 0.3 is 6.18 Å². The molecule has 1 N–H and O–H groups in total. The molecule has 1 aliphatic heterocycles. The van der Waals surface area contributed by atoms with E-state index in [-0.39, 0.29) is 11.9 Å². The van der Waals surface area contributed by atoms with Gasteiger partial charge in [-0.1, -0.05) is 30.3 Å². The van der Waals surface area contributed by atoms with Gasteiger partial charge in [0.25, 0.3) is 0 Å². The van der Waals surface area contributed by atoms with Crippen molar-refractivity contribution in [2.45, 2.75) is 25.1 Å². The molecule has 0 radical (unpaired) electrons. The highest BCUT2D eigenvalue weighted by Crippen LogP contribution is 2.41. The van der Waals surface area contributed by atoms with E-state index in [0.717, 1.165) is 37.4 Å². The molecule has 0 atom stereocenters. The van der Waals surface area contributed by atoms with Gasteiger partial charge in [-0.3, -0.25) is 0 Å². The smallest absolute Gasteiger partial charge is 0.419 e. The Bertz CT molecular complexity index is 633. The number of halogens is 3. The highest BCUT2D eigenvalue weighted by atomic mass is 19.4. The van der Waals surface area contributed by atoms with E-state index >= 15 is 0 Å². The lowest BCUT2D eigenvalue weighted by atomic mass is 10.0. The van der Waals surface area contributed by atoms with Gasteiger partial charge in [0.05, 0.1) is 5.56 Å². The summed E-state index contributed by atoms with van der Waals surface area (Å²) in [6.45, 7) is 1.55. The Morgan fingerprint density at radius 1 is 1.00 bits per heavy atom. The summed E-state index contributed by atoms with van der Waals surface area (Å²) < 4.78 is 45.5. The number of benzene rings is 2. The van der Waals surface area contributed by atoms with Gasteiger partial charge in [0, 0.05) is 5.39 Å². The van der Waals surface area contributed by atoms with Crippen molar-refractivity contribution >= 4 is 10.8 Å². The average Bonchev–Trinajstić information content (AvgIpc) is 2.47. The third kappa shape index (κ3) is 2.97. The van der Waals surface area contributed by atoms with Gasteiger partial charge in [0.2, 0.25) is 0 Å². The summed E-state index contributed by atoms with van der Waals surface area (Å²) in [5.41, 5.74) is -0.695. The van der Waals surface area contributed by atoms with E-state index in [1.165, 1.54) is 6.07 Å². The standard InChI is InChI=1S/C16H16F3NO/c17-16(18,19)14-6-5-11-3-1-2-4-13(11)15(14)21-12-7-9-20-10-8-12/h1-6,12,20H,7-10H2. The first-order valence-corrected chi connectivity index (χ1v) is 7.02. The normalized spacial score (nSPS) is 17.1. The molecule has 1 aliphatic rings. The number of rotatable bonds is 2. The molecule has 1 fully saturated rings. The molecule has 1 heterocycles. The molecule has 2 nitrogen and oxygen atoms in total. The Morgan fingerprint density at radius 2 is 1.71 bits per heavy atom. The molecule has 21 heavy (non-hydrogen) atoms. The third-order valence-electron chi connectivity index (χ3n) is 3.76. The Kier molecular flexibility index (Phi) is 3.76.